The molecule has 2 aromatic heterocycles. The predicted molar refractivity (Wildman–Crippen MR) is 77.2 cm³/mol. The van der Waals surface area contributed by atoms with Crippen molar-refractivity contribution in [1.82, 2.24) is 14.8 Å². The minimum atomic E-state index is 0.450. The molecule has 0 amide bonds. The van der Waals surface area contributed by atoms with Crippen molar-refractivity contribution in [1.29, 1.82) is 0 Å². The van der Waals surface area contributed by atoms with Gasteiger partial charge in [0.05, 0.1) is 5.69 Å². The summed E-state index contributed by atoms with van der Waals surface area (Å²) in [4.78, 5) is 4.38. The Morgan fingerprint density at radius 1 is 1.32 bits per heavy atom. The Kier molecular flexibility index (Phi) is 4.52. The zero-order valence-electron chi connectivity index (χ0n) is 11.5. The molecule has 1 atom stereocenters. The van der Waals surface area contributed by atoms with Crippen molar-refractivity contribution in [2.24, 2.45) is 17.6 Å². The van der Waals surface area contributed by atoms with Crippen LogP contribution in [0.3, 0.4) is 0 Å². The Labute approximate surface area is 113 Å². The maximum atomic E-state index is 5.80. The summed E-state index contributed by atoms with van der Waals surface area (Å²) < 4.78 is 1.76. The molecule has 0 fully saturated rings. The van der Waals surface area contributed by atoms with Crippen molar-refractivity contribution in [2.75, 3.05) is 18.4 Å². The van der Waals surface area contributed by atoms with Gasteiger partial charge >= 0.3 is 0 Å². The van der Waals surface area contributed by atoms with Gasteiger partial charge in [0.15, 0.2) is 5.82 Å². The molecule has 0 spiro atoms. The molecule has 0 aliphatic rings. The zero-order valence-corrected chi connectivity index (χ0v) is 11.5. The minimum absolute atomic E-state index is 0.450. The van der Waals surface area contributed by atoms with Gasteiger partial charge in [-0.25, -0.2) is 9.67 Å². The number of nitrogens with one attached hydrogen (secondary N) is 1. The van der Waals surface area contributed by atoms with E-state index in [1.165, 1.54) is 0 Å². The third kappa shape index (κ3) is 3.32. The fourth-order valence-electron chi connectivity index (χ4n) is 1.94. The van der Waals surface area contributed by atoms with Crippen LogP contribution in [0.25, 0.3) is 5.82 Å². The number of hydrogen-bond donors (Lipinski definition) is 2. The molecule has 0 aliphatic heterocycles. The van der Waals surface area contributed by atoms with Gasteiger partial charge in [-0.15, -0.1) is 0 Å². The maximum absolute atomic E-state index is 5.80. The molecule has 2 heterocycles. The highest BCUT2D eigenvalue weighted by molar-refractivity contribution is 5.56. The smallest absolute Gasteiger partial charge is 0.176 e. The number of anilines is 1. The van der Waals surface area contributed by atoms with Crippen LogP contribution in [0.1, 0.15) is 13.8 Å². The summed E-state index contributed by atoms with van der Waals surface area (Å²) in [5, 5.41) is 7.65. The molecule has 102 valence electrons. The highest BCUT2D eigenvalue weighted by Crippen LogP contribution is 2.18. The first-order chi connectivity index (χ1) is 9.22. The summed E-state index contributed by atoms with van der Waals surface area (Å²) in [7, 11) is 0. The standard InChI is InChI=1S/C14H21N5/c1-11(2)12(9-15)10-17-13-5-3-6-16-14(13)19-8-4-7-18-19/h3-8,11-12,17H,9-10,15H2,1-2H3. The quantitative estimate of drug-likeness (QED) is 0.831. The largest absolute Gasteiger partial charge is 0.382 e. The lowest BCUT2D eigenvalue weighted by Gasteiger charge is -2.20. The molecule has 2 rings (SSSR count). The molecule has 0 bridgehead atoms. The number of pyridine rings is 1. The monoisotopic (exact) mass is 259 g/mol. The first-order valence-corrected chi connectivity index (χ1v) is 6.61. The van der Waals surface area contributed by atoms with E-state index in [1.807, 2.05) is 24.4 Å². The van der Waals surface area contributed by atoms with Crippen LogP contribution < -0.4 is 11.1 Å². The maximum Gasteiger partial charge on any atom is 0.176 e. The normalized spacial score (nSPS) is 12.6. The van der Waals surface area contributed by atoms with Crippen molar-refractivity contribution < 1.29 is 0 Å². The van der Waals surface area contributed by atoms with Crippen molar-refractivity contribution in [3.05, 3.63) is 36.8 Å². The van der Waals surface area contributed by atoms with Gasteiger partial charge in [0.25, 0.3) is 0 Å². The number of hydrogen-bond acceptors (Lipinski definition) is 4. The fourth-order valence-corrected chi connectivity index (χ4v) is 1.94. The Balaban J connectivity index is 2.13. The summed E-state index contributed by atoms with van der Waals surface area (Å²) in [5.74, 6) is 1.82. The highest BCUT2D eigenvalue weighted by atomic mass is 15.3. The van der Waals surface area contributed by atoms with E-state index in [4.69, 9.17) is 5.73 Å². The summed E-state index contributed by atoms with van der Waals surface area (Å²) >= 11 is 0. The van der Waals surface area contributed by atoms with Gasteiger partial charge < -0.3 is 11.1 Å². The minimum Gasteiger partial charge on any atom is -0.382 e. The van der Waals surface area contributed by atoms with Crippen LogP contribution in [0.2, 0.25) is 0 Å². The Morgan fingerprint density at radius 3 is 2.79 bits per heavy atom. The predicted octanol–water partition coefficient (Wildman–Crippen LogP) is 1.91. The molecular weight excluding hydrogens is 238 g/mol. The molecule has 0 saturated heterocycles. The molecule has 0 radical (unpaired) electrons. The first kappa shape index (κ1) is 13.5. The van der Waals surface area contributed by atoms with E-state index < -0.39 is 0 Å². The zero-order chi connectivity index (χ0) is 13.7. The summed E-state index contributed by atoms with van der Waals surface area (Å²) in [6.45, 7) is 5.91. The number of rotatable bonds is 6. The third-order valence-corrected chi connectivity index (χ3v) is 3.31. The van der Waals surface area contributed by atoms with E-state index in [1.54, 1.807) is 17.1 Å². The average molecular weight is 259 g/mol. The second-order valence-corrected chi connectivity index (χ2v) is 4.95. The molecule has 0 aromatic carbocycles. The van der Waals surface area contributed by atoms with Gasteiger partial charge in [-0.2, -0.15) is 5.10 Å². The van der Waals surface area contributed by atoms with Gasteiger partial charge in [-0.1, -0.05) is 13.8 Å². The summed E-state index contributed by atoms with van der Waals surface area (Å²) in [6.07, 6.45) is 5.40. The number of nitrogens with zero attached hydrogens (tertiary/aromatic N) is 3. The Bertz CT molecular complexity index is 492. The van der Waals surface area contributed by atoms with Gasteiger partial charge in [0.2, 0.25) is 0 Å². The molecule has 5 nitrogen and oxygen atoms in total. The lowest BCUT2D eigenvalue weighted by atomic mass is 9.96. The lowest BCUT2D eigenvalue weighted by molar-refractivity contribution is 0.413. The van der Waals surface area contributed by atoms with Crippen LogP contribution in [-0.4, -0.2) is 27.9 Å². The van der Waals surface area contributed by atoms with Crippen molar-refractivity contribution in [3.8, 4) is 5.82 Å². The van der Waals surface area contributed by atoms with E-state index in [0.717, 1.165) is 18.1 Å². The molecule has 3 N–H and O–H groups in total. The van der Waals surface area contributed by atoms with E-state index in [2.05, 4.69) is 29.2 Å². The molecule has 0 saturated carbocycles. The van der Waals surface area contributed by atoms with E-state index >= 15 is 0 Å². The van der Waals surface area contributed by atoms with Crippen molar-refractivity contribution in [2.45, 2.75) is 13.8 Å². The second kappa shape index (κ2) is 6.33. The first-order valence-electron chi connectivity index (χ1n) is 6.61. The summed E-state index contributed by atoms with van der Waals surface area (Å²) in [5.41, 5.74) is 6.77. The highest BCUT2D eigenvalue weighted by Gasteiger charge is 2.12. The SMILES string of the molecule is CC(C)C(CN)CNc1cccnc1-n1cccn1. The molecule has 0 aliphatic carbocycles. The van der Waals surface area contributed by atoms with Crippen molar-refractivity contribution in [3.63, 3.8) is 0 Å². The van der Waals surface area contributed by atoms with Crippen molar-refractivity contribution >= 4 is 5.69 Å². The van der Waals surface area contributed by atoms with Crippen LogP contribution in [-0.2, 0) is 0 Å². The average Bonchev–Trinajstić information content (AvgIpc) is 2.93. The van der Waals surface area contributed by atoms with Crippen LogP contribution >= 0.6 is 0 Å². The van der Waals surface area contributed by atoms with Gasteiger partial charge in [0.1, 0.15) is 0 Å². The van der Waals surface area contributed by atoms with Crippen LogP contribution in [0, 0.1) is 11.8 Å². The fraction of sp³-hybridized carbons (Fsp3) is 0.429. The summed E-state index contributed by atoms with van der Waals surface area (Å²) in [6, 6.07) is 5.81. The van der Waals surface area contributed by atoms with E-state index in [0.29, 0.717) is 18.4 Å². The molecule has 5 heteroatoms. The van der Waals surface area contributed by atoms with Gasteiger partial charge in [0, 0.05) is 25.1 Å². The van der Waals surface area contributed by atoms with Crippen LogP contribution in [0.4, 0.5) is 5.69 Å². The van der Waals surface area contributed by atoms with Gasteiger partial charge in [-0.3, -0.25) is 0 Å². The lowest BCUT2D eigenvalue weighted by Crippen LogP contribution is -2.27. The second-order valence-electron chi connectivity index (χ2n) is 4.95. The number of aromatic nitrogens is 3. The third-order valence-electron chi connectivity index (χ3n) is 3.31. The molecule has 19 heavy (non-hydrogen) atoms. The number of nitrogens with two attached hydrogens (primary N) is 1. The van der Waals surface area contributed by atoms with Gasteiger partial charge in [-0.05, 0) is 36.6 Å². The van der Waals surface area contributed by atoms with E-state index in [9.17, 15) is 0 Å². The molecule has 2 aromatic rings. The Hall–Kier alpha value is -1.88. The van der Waals surface area contributed by atoms with E-state index in [-0.39, 0.29) is 0 Å². The Morgan fingerprint density at radius 2 is 2.16 bits per heavy atom. The van der Waals surface area contributed by atoms with Crippen LogP contribution in [0.15, 0.2) is 36.8 Å². The topological polar surface area (TPSA) is 68.8 Å². The van der Waals surface area contributed by atoms with Crippen LogP contribution in [0.5, 0.6) is 0 Å². The molecular formula is C14H21N5. The molecule has 1 unspecified atom stereocenters.